The molecule has 1 saturated heterocycles. The van der Waals surface area contributed by atoms with Crippen molar-refractivity contribution in [2.45, 2.75) is 6.54 Å². The highest BCUT2D eigenvalue weighted by atomic mass is 16.6. The minimum atomic E-state index is -0.580. The van der Waals surface area contributed by atoms with E-state index in [1.165, 1.54) is 0 Å². The van der Waals surface area contributed by atoms with Gasteiger partial charge in [0.1, 0.15) is 0 Å². The minimum absolute atomic E-state index is 0.162. The van der Waals surface area contributed by atoms with E-state index in [9.17, 15) is 9.59 Å². The molecule has 1 aliphatic heterocycles. The van der Waals surface area contributed by atoms with E-state index in [1.54, 1.807) is 6.20 Å². The zero-order valence-corrected chi connectivity index (χ0v) is 10.7. The Morgan fingerprint density at radius 2 is 1.90 bits per heavy atom. The normalized spacial score (nSPS) is 14.5. The summed E-state index contributed by atoms with van der Waals surface area (Å²) in [6, 6.07) is 13.3. The molecule has 0 saturated carbocycles. The van der Waals surface area contributed by atoms with Gasteiger partial charge in [-0.1, -0.05) is 30.3 Å². The largest absolute Gasteiger partial charge is 0.439 e. The quantitative estimate of drug-likeness (QED) is 0.856. The lowest BCUT2D eigenvalue weighted by atomic mass is 10.1. The highest BCUT2D eigenvalue weighted by Crippen LogP contribution is 2.18. The van der Waals surface area contributed by atoms with Gasteiger partial charge in [-0.3, -0.25) is 9.78 Å². The lowest BCUT2D eigenvalue weighted by molar-refractivity contribution is -0.126. The van der Waals surface area contributed by atoms with Gasteiger partial charge in [0.15, 0.2) is 6.61 Å². The van der Waals surface area contributed by atoms with Crippen molar-refractivity contribution < 1.29 is 14.3 Å². The molecule has 0 N–H and O–H groups in total. The molecule has 5 nitrogen and oxygen atoms in total. The molecule has 20 heavy (non-hydrogen) atoms. The Morgan fingerprint density at radius 3 is 2.50 bits per heavy atom. The molecule has 0 bridgehead atoms. The fourth-order valence-corrected chi connectivity index (χ4v) is 2.03. The number of carbonyl (C=O) groups is 2. The number of hydrogen-bond acceptors (Lipinski definition) is 4. The van der Waals surface area contributed by atoms with Gasteiger partial charge in [0.2, 0.25) is 0 Å². The molecule has 100 valence electrons. The molecule has 1 aliphatic rings. The molecule has 1 aromatic carbocycles. The third-order valence-corrected chi connectivity index (χ3v) is 3.10. The van der Waals surface area contributed by atoms with E-state index in [-0.39, 0.29) is 19.1 Å². The van der Waals surface area contributed by atoms with E-state index in [2.05, 4.69) is 9.72 Å². The van der Waals surface area contributed by atoms with Gasteiger partial charge in [0, 0.05) is 11.8 Å². The Labute approximate surface area is 115 Å². The second-order valence-electron chi connectivity index (χ2n) is 4.45. The number of nitrogens with zero attached hydrogens (tertiary/aromatic N) is 2. The zero-order valence-electron chi connectivity index (χ0n) is 10.7. The molecule has 0 atom stereocenters. The summed E-state index contributed by atoms with van der Waals surface area (Å²) in [6.07, 6.45) is 1.16. The maximum Gasteiger partial charge on any atom is 0.417 e. The summed E-state index contributed by atoms with van der Waals surface area (Å²) in [5.74, 6) is -0.302. The lowest BCUT2D eigenvalue weighted by Gasteiger charge is -2.11. The summed E-state index contributed by atoms with van der Waals surface area (Å²) >= 11 is 0. The maximum atomic E-state index is 11.4. The Hall–Kier alpha value is -2.69. The number of amides is 2. The van der Waals surface area contributed by atoms with E-state index in [0.29, 0.717) is 0 Å². The van der Waals surface area contributed by atoms with Crippen molar-refractivity contribution in [3.63, 3.8) is 0 Å². The van der Waals surface area contributed by atoms with Crippen LogP contribution in [-0.4, -0.2) is 28.5 Å². The van der Waals surface area contributed by atoms with E-state index >= 15 is 0 Å². The smallest absolute Gasteiger partial charge is 0.417 e. The van der Waals surface area contributed by atoms with Crippen molar-refractivity contribution in [3.05, 3.63) is 54.2 Å². The lowest BCUT2D eigenvalue weighted by Crippen LogP contribution is -2.28. The summed E-state index contributed by atoms with van der Waals surface area (Å²) in [7, 11) is 0. The van der Waals surface area contributed by atoms with Crippen LogP contribution in [0.15, 0.2) is 48.7 Å². The van der Waals surface area contributed by atoms with Crippen LogP contribution in [-0.2, 0) is 16.1 Å². The number of hydrogen-bond donors (Lipinski definition) is 0. The minimum Gasteiger partial charge on any atom is -0.439 e. The predicted molar refractivity (Wildman–Crippen MR) is 71.6 cm³/mol. The van der Waals surface area contributed by atoms with Crippen LogP contribution in [0.4, 0.5) is 4.79 Å². The van der Waals surface area contributed by atoms with Crippen LogP contribution >= 0.6 is 0 Å². The van der Waals surface area contributed by atoms with Gasteiger partial charge in [-0.05, 0) is 17.7 Å². The Morgan fingerprint density at radius 1 is 1.10 bits per heavy atom. The first-order chi connectivity index (χ1) is 9.74. The van der Waals surface area contributed by atoms with Gasteiger partial charge < -0.3 is 4.74 Å². The van der Waals surface area contributed by atoms with Crippen LogP contribution in [0.25, 0.3) is 11.3 Å². The van der Waals surface area contributed by atoms with Gasteiger partial charge in [-0.2, -0.15) is 0 Å². The SMILES string of the molecule is O=C1COC(=O)N1Cc1ccc(-c2ccccn2)cc1. The van der Waals surface area contributed by atoms with Crippen LogP contribution in [0, 0.1) is 0 Å². The molecule has 1 fully saturated rings. The number of imide groups is 1. The first-order valence-electron chi connectivity index (χ1n) is 6.21. The second kappa shape index (κ2) is 5.13. The highest BCUT2D eigenvalue weighted by molar-refractivity contribution is 5.97. The van der Waals surface area contributed by atoms with Gasteiger partial charge in [-0.15, -0.1) is 0 Å². The standard InChI is InChI=1S/C15H12N2O3/c18-14-10-20-15(19)17(14)9-11-4-6-12(7-5-11)13-3-1-2-8-16-13/h1-8H,9-10H2. The first-order valence-corrected chi connectivity index (χ1v) is 6.21. The molecule has 2 amide bonds. The number of cyclic esters (lactones) is 1. The van der Waals surface area contributed by atoms with Crippen molar-refractivity contribution in [2.24, 2.45) is 0 Å². The van der Waals surface area contributed by atoms with Crippen molar-refractivity contribution in [2.75, 3.05) is 6.61 Å². The van der Waals surface area contributed by atoms with E-state index in [1.807, 2.05) is 42.5 Å². The molecule has 2 heterocycles. The maximum absolute atomic E-state index is 11.4. The molecule has 0 radical (unpaired) electrons. The highest BCUT2D eigenvalue weighted by Gasteiger charge is 2.30. The number of benzene rings is 1. The average Bonchev–Trinajstić information content (AvgIpc) is 2.81. The molecule has 1 aromatic heterocycles. The summed E-state index contributed by atoms with van der Waals surface area (Å²) in [5.41, 5.74) is 2.75. The summed E-state index contributed by atoms with van der Waals surface area (Å²) in [6.45, 7) is 0.0744. The molecule has 3 rings (SSSR count). The molecule has 0 unspecified atom stereocenters. The van der Waals surface area contributed by atoms with Gasteiger partial charge >= 0.3 is 6.09 Å². The molecular weight excluding hydrogens is 256 g/mol. The molecule has 0 aliphatic carbocycles. The summed E-state index contributed by atoms with van der Waals surface area (Å²) in [4.78, 5) is 28.2. The number of rotatable bonds is 3. The third kappa shape index (κ3) is 2.38. The van der Waals surface area contributed by atoms with Gasteiger partial charge in [0.05, 0.1) is 12.2 Å². The first kappa shape index (κ1) is 12.3. The van der Waals surface area contributed by atoms with Crippen molar-refractivity contribution >= 4 is 12.0 Å². The van der Waals surface area contributed by atoms with Crippen molar-refractivity contribution in [1.82, 2.24) is 9.88 Å². The fourth-order valence-electron chi connectivity index (χ4n) is 2.03. The van der Waals surface area contributed by atoms with Gasteiger partial charge in [-0.25, -0.2) is 9.69 Å². The van der Waals surface area contributed by atoms with E-state index in [0.717, 1.165) is 21.7 Å². The molecule has 2 aromatic rings. The summed E-state index contributed by atoms with van der Waals surface area (Å²) < 4.78 is 4.67. The van der Waals surface area contributed by atoms with Crippen LogP contribution in [0.2, 0.25) is 0 Å². The topological polar surface area (TPSA) is 59.5 Å². The summed E-state index contributed by atoms with van der Waals surface area (Å²) in [5, 5.41) is 0. The van der Waals surface area contributed by atoms with Crippen LogP contribution in [0.1, 0.15) is 5.56 Å². The monoisotopic (exact) mass is 268 g/mol. The van der Waals surface area contributed by atoms with E-state index in [4.69, 9.17) is 0 Å². The second-order valence-corrected chi connectivity index (χ2v) is 4.45. The Kier molecular flexibility index (Phi) is 3.16. The zero-order chi connectivity index (χ0) is 13.9. The molecule has 5 heteroatoms. The van der Waals surface area contributed by atoms with Crippen molar-refractivity contribution in [1.29, 1.82) is 0 Å². The Bertz CT molecular complexity index is 622. The van der Waals surface area contributed by atoms with Crippen LogP contribution in [0.3, 0.4) is 0 Å². The predicted octanol–water partition coefficient (Wildman–Crippen LogP) is 2.23. The number of ether oxygens (including phenoxy) is 1. The number of carbonyl (C=O) groups excluding carboxylic acids is 2. The van der Waals surface area contributed by atoms with Crippen LogP contribution < -0.4 is 0 Å². The number of pyridine rings is 1. The van der Waals surface area contributed by atoms with E-state index < -0.39 is 6.09 Å². The Balaban J connectivity index is 1.77. The van der Waals surface area contributed by atoms with Gasteiger partial charge in [0.25, 0.3) is 5.91 Å². The fraction of sp³-hybridized carbons (Fsp3) is 0.133. The number of aromatic nitrogens is 1. The van der Waals surface area contributed by atoms with Crippen molar-refractivity contribution in [3.8, 4) is 11.3 Å². The third-order valence-electron chi connectivity index (χ3n) is 3.10. The average molecular weight is 268 g/mol. The molecular formula is C15H12N2O3. The molecule has 0 spiro atoms. The van der Waals surface area contributed by atoms with Crippen LogP contribution in [0.5, 0.6) is 0 Å².